The third-order valence-electron chi connectivity index (χ3n) is 1.93. The zero-order valence-electron chi connectivity index (χ0n) is 8.56. The Balaban J connectivity index is 2.68. The molecule has 0 aliphatic heterocycles. The van der Waals surface area contributed by atoms with Crippen molar-refractivity contribution in [1.82, 2.24) is 0 Å². The summed E-state index contributed by atoms with van der Waals surface area (Å²) in [6.45, 7) is 2.31. The lowest BCUT2D eigenvalue weighted by Crippen LogP contribution is -2.06. The number of phenols is 2. The molecule has 0 heterocycles. The Labute approximate surface area is 88.1 Å². The number of phenolic OH excluding ortho intramolecular Hbond substituents is 2. The Hall–Kier alpha value is -1.71. The average Bonchev–Trinajstić information content (AvgIpc) is 2.22. The van der Waals surface area contributed by atoms with E-state index in [4.69, 9.17) is 9.84 Å². The molecule has 0 aliphatic carbocycles. The molecular formula is C11H14O4. The van der Waals surface area contributed by atoms with E-state index in [1.807, 2.05) is 6.92 Å². The fraction of sp³-hybridized carbons (Fsp3) is 0.364. The quantitative estimate of drug-likeness (QED) is 0.453. The van der Waals surface area contributed by atoms with E-state index in [-0.39, 0.29) is 17.1 Å². The molecule has 1 rings (SSSR count). The molecule has 0 radical (unpaired) electrons. The molecular weight excluding hydrogens is 196 g/mol. The van der Waals surface area contributed by atoms with Gasteiger partial charge in [0.25, 0.3) is 0 Å². The second kappa shape index (κ2) is 5.24. The number of carbonyl (C=O) groups excluding carboxylic acids is 1. The minimum atomic E-state index is -0.614. The lowest BCUT2D eigenvalue weighted by atomic mass is 10.2. The van der Waals surface area contributed by atoms with Gasteiger partial charge in [0.2, 0.25) is 0 Å². The lowest BCUT2D eigenvalue weighted by Gasteiger charge is -2.05. The van der Waals surface area contributed by atoms with Crippen LogP contribution in [0, 0.1) is 0 Å². The van der Waals surface area contributed by atoms with E-state index in [2.05, 4.69) is 0 Å². The van der Waals surface area contributed by atoms with E-state index in [1.165, 1.54) is 18.2 Å². The molecule has 0 saturated carbocycles. The molecule has 15 heavy (non-hydrogen) atoms. The summed E-state index contributed by atoms with van der Waals surface area (Å²) in [6.07, 6.45) is 1.71. The van der Waals surface area contributed by atoms with E-state index >= 15 is 0 Å². The number of rotatable bonds is 4. The van der Waals surface area contributed by atoms with Crippen molar-refractivity contribution in [3.8, 4) is 11.5 Å². The van der Waals surface area contributed by atoms with Crippen molar-refractivity contribution in [3.05, 3.63) is 23.8 Å². The first-order chi connectivity index (χ1) is 7.15. The van der Waals surface area contributed by atoms with Gasteiger partial charge < -0.3 is 14.9 Å². The highest BCUT2D eigenvalue weighted by Gasteiger charge is 2.12. The van der Waals surface area contributed by atoms with E-state index in [9.17, 15) is 9.90 Å². The summed E-state index contributed by atoms with van der Waals surface area (Å²) in [5.74, 6) is -0.874. The molecule has 0 unspecified atom stereocenters. The average molecular weight is 210 g/mol. The van der Waals surface area contributed by atoms with E-state index in [0.717, 1.165) is 12.8 Å². The van der Waals surface area contributed by atoms with Crippen LogP contribution in [0.1, 0.15) is 30.1 Å². The Morgan fingerprint density at radius 3 is 2.80 bits per heavy atom. The van der Waals surface area contributed by atoms with Crippen LogP contribution in [-0.2, 0) is 4.74 Å². The maximum absolute atomic E-state index is 11.4. The predicted octanol–water partition coefficient (Wildman–Crippen LogP) is 2.05. The highest BCUT2D eigenvalue weighted by atomic mass is 16.5. The van der Waals surface area contributed by atoms with Crippen molar-refractivity contribution < 1.29 is 19.7 Å². The summed E-state index contributed by atoms with van der Waals surface area (Å²) >= 11 is 0. The normalized spacial score (nSPS) is 9.93. The van der Waals surface area contributed by atoms with Gasteiger partial charge in [-0.1, -0.05) is 13.3 Å². The molecule has 0 amide bonds. The van der Waals surface area contributed by atoms with Crippen LogP contribution in [0.15, 0.2) is 18.2 Å². The van der Waals surface area contributed by atoms with Gasteiger partial charge in [-0.15, -0.1) is 0 Å². The number of benzene rings is 1. The van der Waals surface area contributed by atoms with Crippen LogP contribution in [0.25, 0.3) is 0 Å². The minimum absolute atomic E-state index is 0.00824. The molecule has 0 saturated heterocycles. The number of hydrogen-bond donors (Lipinski definition) is 2. The number of carbonyl (C=O) groups is 1. The first kappa shape index (κ1) is 11.4. The Kier molecular flexibility index (Phi) is 3.97. The summed E-state index contributed by atoms with van der Waals surface area (Å²) in [5, 5.41) is 18.5. The van der Waals surface area contributed by atoms with Crippen molar-refractivity contribution in [1.29, 1.82) is 0 Å². The summed E-state index contributed by atoms with van der Waals surface area (Å²) in [7, 11) is 0. The third kappa shape index (κ3) is 3.16. The zero-order valence-corrected chi connectivity index (χ0v) is 8.56. The van der Waals surface area contributed by atoms with Crippen molar-refractivity contribution in [2.45, 2.75) is 19.8 Å². The summed E-state index contributed by atoms with van der Waals surface area (Å²) in [5.41, 5.74) is -0.00824. The molecule has 0 aliphatic rings. The second-order valence-electron chi connectivity index (χ2n) is 3.19. The molecule has 0 spiro atoms. The van der Waals surface area contributed by atoms with Gasteiger partial charge >= 0.3 is 5.97 Å². The van der Waals surface area contributed by atoms with Crippen LogP contribution in [0.2, 0.25) is 0 Å². The largest absolute Gasteiger partial charge is 0.508 e. The molecule has 0 atom stereocenters. The monoisotopic (exact) mass is 210 g/mol. The molecule has 4 nitrogen and oxygen atoms in total. The third-order valence-corrected chi connectivity index (χ3v) is 1.93. The number of ether oxygens (including phenoxy) is 1. The van der Waals surface area contributed by atoms with Gasteiger partial charge in [0, 0.05) is 0 Å². The van der Waals surface area contributed by atoms with Crippen molar-refractivity contribution in [2.24, 2.45) is 0 Å². The second-order valence-corrected chi connectivity index (χ2v) is 3.19. The van der Waals surface area contributed by atoms with E-state index in [1.54, 1.807) is 0 Å². The van der Waals surface area contributed by atoms with Gasteiger partial charge in [0.1, 0.15) is 17.1 Å². The minimum Gasteiger partial charge on any atom is -0.508 e. The van der Waals surface area contributed by atoms with Crippen molar-refractivity contribution in [3.63, 3.8) is 0 Å². The smallest absolute Gasteiger partial charge is 0.342 e. The van der Waals surface area contributed by atoms with Gasteiger partial charge in [-0.3, -0.25) is 0 Å². The number of unbranched alkanes of at least 4 members (excludes halogenated alkanes) is 1. The fourth-order valence-electron chi connectivity index (χ4n) is 1.07. The first-order valence-electron chi connectivity index (χ1n) is 4.84. The lowest BCUT2D eigenvalue weighted by molar-refractivity contribution is 0.0496. The maximum atomic E-state index is 11.4. The van der Waals surface area contributed by atoms with Crippen LogP contribution in [0.5, 0.6) is 11.5 Å². The van der Waals surface area contributed by atoms with Crippen LogP contribution < -0.4 is 0 Å². The molecule has 1 aromatic rings. The zero-order chi connectivity index (χ0) is 11.3. The van der Waals surface area contributed by atoms with Gasteiger partial charge in [-0.05, 0) is 24.6 Å². The molecule has 1 aromatic carbocycles. The van der Waals surface area contributed by atoms with Crippen LogP contribution in [0.4, 0.5) is 0 Å². The predicted molar refractivity (Wildman–Crippen MR) is 55.0 cm³/mol. The topological polar surface area (TPSA) is 66.8 Å². The van der Waals surface area contributed by atoms with Crippen molar-refractivity contribution in [2.75, 3.05) is 6.61 Å². The summed E-state index contributed by atoms with van der Waals surface area (Å²) in [4.78, 5) is 11.4. The molecule has 2 N–H and O–H groups in total. The van der Waals surface area contributed by atoms with E-state index in [0.29, 0.717) is 6.61 Å². The highest BCUT2D eigenvalue weighted by Crippen LogP contribution is 2.22. The fourth-order valence-corrected chi connectivity index (χ4v) is 1.07. The standard InChI is InChI=1S/C11H14O4/c1-2-3-6-15-11(14)9-7-8(12)4-5-10(9)13/h4-5,7,12-13H,2-3,6H2,1H3. The molecule has 0 fully saturated rings. The van der Waals surface area contributed by atoms with E-state index < -0.39 is 5.97 Å². The molecule has 0 bridgehead atoms. The Bertz CT molecular complexity index is 346. The van der Waals surface area contributed by atoms with Gasteiger partial charge in [0.15, 0.2) is 0 Å². The molecule has 82 valence electrons. The maximum Gasteiger partial charge on any atom is 0.342 e. The van der Waals surface area contributed by atoms with Gasteiger partial charge in [0.05, 0.1) is 6.61 Å². The number of aromatic hydroxyl groups is 2. The van der Waals surface area contributed by atoms with Gasteiger partial charge in [-0.2, -0.15) is 0 Å². The van der Waals surface area contributed by atoms with Crippen molar-refractivity contribution >= 4 is 5.97 Å². The summed E-state index contributed by atoms with van der Waals surface area (Å²) < 4.78 is 4.89. The Morgan fingerprint density at radius 2 is 2.13 bits per heavy atom. The first-order valence-corrected chi connectivity index (χ1v) is 4.84. The van der Waals surface area contributed by atoms with Gasteiger partial charge in [-0.25, -0.2) is 4.79 Å². The summed E-state index contributed by atoms with van der Waals surface area (Å²) in [6, 6.07) is 3.74. The van der Waals surface area contributed by atoms with Crippen LogP contribution in [-0.4, -0.2) is 22.8 Å². The number of hydrogen-bond acceptors (Lipinski definition) is 4. The Morgan fingerprint density at radius 1 is 1.40 bits per heavy atom. The SMILES string of the molecule is CCCCOC(=O)c1cc(O)ccc1O. The van der Waals surface area contributed by atoms with Crippen LogP contribution >= 0.6 is 0 Å². The highest BCUT2D eigenvalue weighted by molar-refractivity contribution is 5.92. The number of esters is 1. The molecule has 0 aromatic heterocycles. The molecule has 4 heteroatoms. The van der Waals surface area contributed by atoms with Crippen LogP contribution in [0.3, 0.4) is 0 Å².